The summed E-state index contributed by atoms with van der Waals surface area (Å²) in [6, 6.07) is 13.0. The second-order valence-corrected chi connectivity index (χ2v) is 9.88. The van der Waals surface area contributed by atoms with E-state index in [1.165, 1.54) is 0 Å². The molecule has 0 radical (unpaired) electrons. The van der Waals surface area contributed by atoms with Gasteiger partial charge >= 0.3 is 0 Å². The summed E-state index contributed by atoms with van der Waals surface area (Å²) in [6.07, 6.45) is 0.0934. The molecule has 164 valence electrons. The van der Waals surface area contributed by atoms with Gasteiger partial charge in [0.15, 0.2) is 16.1 Å². The van der Waals surface area contributed by atoms with Gasteiger partial charge in [-0.05, 0) is 41.3 Å². The Morgan fingerprint density at radius 2 is 1.90 bits per heavy atom. The first kappa shape index (κ1) is 21.7. The molecule has 0 bridgehead atoms. The Morgan fingerprint density at radius 3 is 2.58 bits per heavy atom. The molecule has 7 nitrogen and oxygen atoms in total. The molecule has 2 N–H and O–H groups in total. The first-order chi connectivity index (χ1) is 14.7. The maximum absolute atomic E-state index is 12.2. The average Bonchev–Trinajstić information content (AvgIpc) is 3.17. The zero-order valence-corrected chi connectivity index (χ0v) is 18.6. The molecule has 0 fully saturated rings. The van der Waals surface area contributed by atoms with Crippen LogP contribution in [-0.2, 0) is 27.7 Å². The number of ether oxygens (including phenoxy) is 1. The van der Waals surface area contributed by atoms with E-state index in [4.69, 9.17) is 4.74 Å². The number of hydrogen-bond acceptors (Lipinski definition) is 6. The Labute approximate surface area is 181 Å². The lowest BCUT2D eigenvalue weighted by Gasteiger charge is -2.24. The third-order valence-corrected chi connectivity index (χ3v) is 6.83. The van der Waals surface area contributed by atoms with E-state index in [-0.39, 0.29) is 17.4 Å². The highest BCUT2D eigenvalue weighted by Crippen LogP contribution is 2.39. The lowest BCUT2D eigenvalue weighted by atomic mass is 9.88. The quantitative estimate of drug-likeness (QED) is 0.568. The number of aromatic nitrogens is 2. The highest BCUT2D eigenvalue weighted by molar-refractivity contribution is 7.90. The highest BCUT2D eigenvalue weighted by Gasteiger charge is 2.26. The predicted octanol–water partition coefficient (Wildman–Crippen LogP) is 3.26. The molecule has 2 heterocycles. The molecule has 4 rings (SSSR count). The van der Waals surface area contributed by atoms with Crippen LogP contribution in [0.5, 0.6) is 0 Å². The zero-order chi connectivity index (χ0) is 22.3. The number of aliphatic hydroxyl groups is 2. The van der Waals surface area contributed by atoms with Crippen LogP contribution in [-0.4, -0.2) is 41.3 Å². The summed E-state index contributed by atoms with van der Waals surface area (Å²) in [6.45, 7) is 4.67. The molecule has 0 amide bonds. The van der Waals surface area contributed by atoms with Crippen LogP contribution < -0.4 is 0 Å². The van der Waals surface area contributed by atoms with Crippen LogP contribution in [0.2, 0.25) is 0 Å². The van der Waals surface area contributed by atoms with Gasteiger partial charge in [0.2, 0.25) is 0 Å². The van der Waals surface area contributed by atoms with Crippen LogP contribution in [0.1, 0.15) is 42.9 Å². The normalized spacial score (nSPS) is 16.6. The van der Waals surface area contributed by atoms with Crippen LogP contribution in [0.25, 0.3) is 22.4 Å². The maximum Gasteiger partial charge on any atom is 0.200 e. The van der Waals surface area contributed by atoms with Gasteiger partial charge in [-0.3, -0.25) is 4.68 Å². The lowest BCUT2D eigenvalue weighted by molar-refractivity contribution is -0.101. The molecular weight excluding hydrogens is 416 g/mol. The fourth-order valence-corrected chi connectivity index (χ4v) is 5.06. The van der Waals surface area contributed by atoms with Crippen molar-refractivity contribution in [3.63, 3.8) is 0 Å². The number of rotatable bonds is 6. The topological polar surface area (TPSA) is 102 Å². The standard InChI is InChI=1S/C23H26N2O5S/c1-4-30-23(27)20-11-21-18-8-7-15(9-19(18)14(2)12-25(21)24-20)16-5-6-17(13-26)22(10-16)31(3,28)29/h5-11,14,23,26-27H,4,12-13H2,1-3H3. The Balaban J connectivity index is 1.78. The molecule has 2 aromatic carbocycles. The van der Waals surface area contributed by atoms with Crippen molar-refractivity contribution in [2.45, 2.75) is 44.1 Å². The predicted molar refractivity (Wildman–Crippen MR) is 117 cm³/mol. The first-order valence-corrected chi connectivity index (χ1v) is 12.1. The summed E-state index contributed by atoms with van der Waals surface area (Å²) < 4.78 is 31.5. The van der Waals surface area contributed by atoms with Crippen molar-refractivity contribution in [1.29, 1.82) is 0 Å². The number of sulfone groups is 1. The SMILES string of the molecule is CCOC(O)c1cc2n(n1)CC(C)c1cc(-c3ccc(CO)c(S(C)(=O)=O)c3)ccc1-2. The molecular formula is C23H26N2O5S. The van der Waals surface area contributed by atoms with Crippen molar-refractivity contribution >= 4 is 9.84 Å². The minimum absolute atomic E-state index is 0.144. The van der Waals surface area contributed by atoms with E-state index in [1.807, 2.05) is 35.9 Å². The van der Waals surface area contributed by atoms with Crippen LogP contribution >= 0.6 is 0 Å². The summed E-state index contributed by atoms with van der Waals surface area (Å²) in [5, 5.41) is 24.2. The molecule has 8 heteroatoms. The number of hydrogen-bond donors (Lipinski definition) is 2. The van der Waals surface area contributed by atoms with Gasteiger partial charge in [-0.25, -0.2) is 8.42 Å². The fraction of sp³-hybridized carbons (Fsp3) is 0.348. The van der Waals surface area contributed by atoms with Crippen molar-refractivity contribution < 1.29 is 23.4 Å². The highest BCUT2D eigenvalue weighted by atomic mass is 32.2. The molecule has 31 heavy (non-hydrogen) atoms. The van der Waals surface area contributed by atoms with Crippen molar-refractivity contribution in [1.82, 2.24) is 9.78 Å². The first-order valence-electron chi connectivity index (χ1n) is 10.2. The van der Waals surface area contributed by atoms with Crippen LogP contribution in [0, 0.1) is 0 Å². The van der Waals surface area contributed by atoms with Crippen molar-refractivity contribution in [2.24, 2.45) is 0 Å². The monoisotopic (exact) mass is 442 g/mol. The second-order valence-electron chi connectivity index (χ2n) is 7.90. The molecule has 0 aliphatic carbocycles. The van der Waals surface area contributed by atoms with Gasteiger partial charge < -0.3 is 14.9 Å². The van der Waals surface area contributed by atoms with E-state index < -0.39 is 16.1 Å². The van der Waals surface area contributed by atoms with Crippen LogP contribution in [0.15, 0.2) is 47.4 Å². The van der Waals surface area contributed by atoms with Gasteiger partial charge in [-0.1, -0.05) is 37.3 Å². The van der Waals surface area contributed by atoms with E-state index >= 15 is 0 Å². The largest absolute Gasteiger partial charge is 0.392 e. The summed E-state index contributed by atoms with van der Waals surface area (Å²) in [5.41, 5.74) is 5.64. The molecule has 1 aromatic heterocycles. The second kappa shape index (κ2) is 8.20. The van der Waals surface area contributed by atoms with E-state index in [2.05, 4.69) is 18.1 Å². The Hall–Kier alpha value is -2.52. The summed E-state index contributed by atoms with van der Waals surface area (Å²) in [4.78, 5) is 0.144. The Morgan fingerprint density at radius 1 is 1.19 bits per heavy atom. The Kier molecular flexibility index (Phi) is 5.74. The zero-order valence-electron chi connectivity index (χ0n) is 17.7. The number of fused-ring (bicyclic) bond motifs is 3. The van der Waals surface area contributed by atoms with Gasteiger partial charge in [0.25, 0.3) is 0 Å². The Bertz CT molecular complexity index is 1230. The minimum atomic E-state index is -3.46. The van der Waals surface area contributed by atoms with E-state index in [0.29, 0.717) is 24.4 Å². The van der Waals surface area contributed by atoms with Gasteiger partial charge in [-0.15, -0.1) is 0 Å². The van der Waals surface area contributed by atoms with Crippen LogP contribution in [0.3, 0.4) is 0 Å². The summed E-state index contributed by atoms with van der Waals surface area (Å²) in [5.74, 6) is 0.186. The van der Waals surface area contributed by atoms with Crippen molar-refractivity contribution in [3.8, 4) is 22.4 Å². The molecule has 2 atom stereocenters. The number of benzene rings is 2. The fourth-order valence-electron chi connectivity index (χ4n) is 4.11. The molecule has 0 spiro atoms. The molecule has 0 saturated heterocycles. The average molecular weight is 443 g/mol. The molecule has 2 unspecified atom stereocenters. The molecule has 1 aliphatic heterocycles. The summed E-state index contributed by atoms with van der Waals surface area (Å²) in [7, 11) is -3.46. The third-order valence-electron chi connectivity index (χ3n) is 5.65. The van der Waals surface area contributed by atoms with E-state index in [1.54, 1.807) is 12.1 Å². The lowest BCUT2D eigenvalue weighted by Crippen LogP contribution is -2.16. The maximum atomic E-state index is 12.2. The minimum Gasteiger partial charge on any atom is -0.392 e. The van der Waals surface area contributed by atoms with E-state index in [9.17, 15) is 18.6 Å². The molecule has 3 aromatic rings. The number of aliphatic hydroxyl groups excluding tert-OH is 2. The number of nitrogens with zero attached hydrogens (tertiary/aromatic N) is 2. The van der Waals surface area contributed by atoms with Gasteiger partial charge in [0.1, 0.15) is 5.69 Å². The van der Waals surface area contributed by atoms with Crippen LogP contribution in [0.4, 0.5) is 0 Å². The van der Waals surface area contributed by atoms with E-state index in [0.717, 1.165) is 34.2 Å². The summed E-state index contributed by atoms with van der Waals surface area (Å²) >= 11 is 0. The smallest absolute Gasteiger partial charge is 0.200 e. The van der Waals surface area contributed by atoms with Gasteiger partial charge in [0.05, 0.1) is 17.2 Å². The third kappa shape index (κ3) is 4.04. The van der Waals surface area contributed by atoms with Gasteiger partial charge in [-0.2, -0.15) is 5.10 Å². The van der Waals surface area contributed by atoms with Crippen molar-refractivity contribution in [3.05, 3.63) is 59.3 Å². The van der Waals surface area contributed by atoms with Gasteiger partial charge in [0, 0.05) is 30.9 Å². The molecule has 1 aliphatic rings. The molecule has 0 saturated carbocycles. The van der Waals surface area contributed by atoms with Crippen molar-refractivity contribution in [2.75, 3.05) is 12.9 Å².